The number of primary amides is 1. The molecule has 0 radical (unpaired) electrons. The van der Waals surface area contributed by atoms with E-state index in [1.54, 1.807) is 0 Å². The highest BCUT2D eigenvalue weighted by molar-refractivity contribution is 7.91. The highest BCUT2D eigenvalue weighted by atomic mass is 32.2. The van der Waals surface area contributed by atoms with E-state index >= 15 is 0 Å². The lowest BCUT2D eigenvalue weighted by Gasteiger charge is -2.32. The summed E-state index contributed by atoms with van der Waals surface area (Å²) >= 11 is 1.10. The maximum absolute atomic E-state index is 11.8. The van der Waals surface area contributed by atoms with Crippen LogP contribution in [0.3, 0.4) is 0 Å². The summed E-state index contributed by atoms with van der Waals surface area (Å²) in [4.78, 5) is 13.0. The minimum absolute atomic E-state index is 0.0618. The Balaban J connectivity index is 2.14. The molecular weight excluding hydrogens is 300 g/mol. The van der Waals surface area contributed by atoms with Crippen molar-refractivity contribution in [3.63, 3.8) is 0 Å². The van der Waals surface area contributed by atoms with Crippen molar-refractivity contribution >= 4 is 38.1 Å². The Morgan fingerprint density at radius 2 is 2.05 bits per heavy atom. The van der Waals surface area contributed by atoms with Crippen LogP contribution in [0, 0.1) is 5.92 Å². The summed E-state index contributed by atoms with van der Waals surface area (Å²) in [7, 11) is -3.40. The lowest BCUT2D eigenvalue weighted by atomic mass is 9.93. The van der Waals surface area contributed by atoms with E-state index in [1.807, 2.05) is 4.90 Å². The smallest absolute Gasteiger partial charge is 0.217 e. The van der Waals surface area contributed by atoms with Crippen LogP contribution >= 0.6 is 11.5 Å². The molecule has 1 saturated heterocycles. The van der Waals surface area contributed by atoms with Crippen molar-refractivity contribution in [3.8, 4) is 0 Å². The SMILES string of the molecule is CS(=O)(=O)c1c(N)nsc1N1CCC(CC(N)=O)CC1. The zero-order valence-corrected chi connectivity index (χ0v) is 12.8. The van der Waals surface area contributed by atoms with Crippen molar-refractivity contribution in [2.45, 2.75) is 24.2 Å². The second-order valence-electron chi connectivity index (χ2n) is 5.08. The predicted octanol–water partition coefficient (Wildman–Crippen LogP) is 0.221. The number of nitrogens with zero attached hydrogens (tertiary/aromatic N) is 2. The molecule has 2 rings (SSSR count). The Labute approximate surface area is 122 Å². The number of hydrogen-bond donors (Lipinski definition) is 2. The molecule has 0 bridgehead atoms. The first-order valence-electron chi connectivity index (χ1n) is 6.27. The van der Waals surface area contributed by atoms with E-state index in [1.165, 1.54) is 0 Å². The number of carbonyl (C=O) groups excluding carboxylic acids is 1. The molecule has 1 fully saturated rings. The van der Waals surface area contributed by atoms with Crippen LogP contribution in [0.15, 0.2) is 4.90 Å². The van der Waals surface area contributed by atoms with Crippen molar-refractivity contribution in [1.29, 1.82) is 0 Å². The number of hydrogen-bond acceptors (Lipinski definition) is 7. The van der Waals surface area contributed by atoms with E-state index in [4.69, 9.17) is 11.5 Å². The van der Waals surface area contributed by atoms with Crippen LogP contribution < -0.4 is 16.4 Å². The summed E-state index contributed by atoms with van der Waals surface area (Å²) in [5, 5.41) is 0.600. The van der Waals surface area contributed by atoms with E-state index < -0.39 is 9.84 Å². The number of rotatable bonds is 4. The Morgan fingerprint density at radius 1 is 1.45 bits per heavy atom. The van der Waals surface area contributed by atoms with Gasteiger partial charge < -0.3 is 16.4 Å². The number of piperidine rings is 1. The number of nitrogens with two attached hydrogens (primary N) is 2. The molecule has 1 aliphatic heterocycles. The Kier molecular flexibility index (Phi) is 4.19. The summed E-state index contributed by atoms with van der Waals surface area (Å²) in [5.74, 6) is 0.0461. The van der Waals surface area contributed by atoms with Crippen LogP contribution in [0.4, 0.5) is 10.8 Å². The van der Waals surface area contributed by atoms with Crippen molar-refractivity contribution in [3.05, 3.63) is 0 Å². The average Bonchev–Trinajstić information content (AvgIpc) is 2.71. The molecule has 112 valence electrons. The second kappa shape index (κ2) is 5.57. The van der Waals surface area contributed by atoms with Crippen LogP contribution in [-0.4, -0.2) is 38.0 Å². The molecule has 9 heteroatoms. The van der Waals surface area contributed by atoms with E-state index in [9.17, 15) is 13.2 Å². The van der Waals surface area contributed by atoms with Crippen LogP contribution in [-0.2, 0) is 14.6 Å². The maximum atomic E-state index is 11.8. The van der Waals surface area contributed by atoms with Crippen LogP contribution in [0.5, 0.6) is 0 Å². The molecule has 1 amide bonds. The number of amides is 1. The van der Waals surface area contributed by atoms with Crippen LogP contribution in [0.25, 0.3) is 0 Å². The van der Waals surface area contributed by atoms with Gasteiger partial charge in [-0.25, -0.2) is 8.42 Å². The summed E-state index contributed by atoms with van der Waals surface area (Å²) in [6, 6.07) is 0. The Hall–Kier alpha value is -1.35. The summed E-state index contributed by atoms with van der Waals surface area (Å²) in [6.45, 7) is 1.37. The Morgan fingerprint density at radius 3 is 2.55 bits per heavy atom. The number of aromatic nitrogens is 1. The molecule has 0 spiro atoms. The van der Waals surface area contributed by atoms with Gasteiger partial charge in [0.2, 0.25) is 5.91 Å². The highest BCUT2D eigenvalue weighted by Gasteiger charge is 2.28. The molecule has 0 aliphatic carbocycles. The summed E-state index contributed by atoms with van der Waals surface area (Å²) in [5.41, 5.74) is 10.9. The molecule has 2 heterocycles. The molecule has 7 nitrogen and oxygen atoms in total. The van der Waals surface area contributed by atoms with Gasteiger partial charge in [0.05, 0.1) is 0 Å². The molecule has 0 unspecified atom stereocenters. The molecule has 0 aromatic carbocycles. The van der Waals surface area contributed by atoms with Gasteiger partial charge in [0.15, 0.2) is 15.7 Å². The van der Waals surface area contributed by atoms with E-state index in [0.717, 1.165) is 30.6 Å². The zero-order valence-electron chi connectivity index (χ0n) is 11.2. The first-order chi connectivity index (χ1) is 9.29. The molecule has 0 atom stereocenters. The van der Waals surface area contributed by atoms with Crippen LogP contribution in [0.1, 0.15) is 19.3 Å². The van der Waals surface area contributed by atoms with Crippen LogP contribution in [0.2, 0.25) is 0 Å². The second-order valence-corrected chi connectivity index (χ2v) is 7.78. The van der Waals surface area contributed by atoms with E-state index in [2.05, 4.69) is 4.37 Å². The average molecular weight is 318 g/mol. The monoisotopic (exact) mass is 318 g/mol. The van der Waals surface area contributed by atoms with Crippen molar-refractivity contribution in [2.75, 3.05) is 30.0 Å². The largest absolute Gasteiger partial charge is 0.382 e. The number of nitrogen functional groups attached to an aromatic ring is 1. The van der Waals surface area contributed by atoms with Gasteiger partial charge in [0.25, 0.3) is 0 Å². The highest BCUT2D eigenvalue weighted by Crippen LogP contribution is 2.36. The fourth-order valence-corrected chi connectivity index (χ4v) is 4.72. The molecule has 0 saturated carbocycles. The summed E-state index contributed by atoms with van der Waals surface area (Å²) in [6.07, 6.45) is 3.14. The van der Waals surface area contributed by atoms with E-state index in [0.29, 0.717) is 24.5 Å². The maximum Gasteiger partial charge on any atom is 0.217 e. The quantitative estimate of drug-likeness (QED) is 0.819. The van der Waals surface area contributed by atoms with Gasteiger partial charge in [-0.1, -0.05) is 0 Å². The molecule has 1 aliphatic rings. The Bertz CT molecular complexity index is 603. The molecular formula is C11H18N4O3S2. The van der Waals surface area contributed by atoms with Gasteiger partial charge in [-0.3, -0.25) is 4.79 Å². The van der Waals surface area contributed by atoms with Crippen molar-refractivity contribution < 1.29 is 13.2 Å². The van der Waals surface area contributed by atoms with Gasteiger partial charge in [-0.05, 0) is 30.3 Å². The number of anilines is 2. The minimum Gasteiger partial charge on any atom is -0.382 e. The molecule has 1 aromatic rings. The molecule has 1 aromatic heterocycles. The first-order valence-corrected chi connectivity index (χ1v) is 8.94. The van der Waals surface area contributed by atoms with Crippen molar-refractivity contribution in [2.24, 2.45) is 11.7 Å². The van der Waals surface area contributed by atoms with Gasteiger partial charge in [-0.15, -0.1) is 0 Å². The first kappa shape index (κ1) is 15.0. The molecule has 20 heavy (non-hydrogen) atoms. The van der Waals surface area contributed by atoms with Crippen molar-refractivity contribution in [1.82, 2.24) is 4.37 Å². The minimum atomic E-state index is -3.40. The lowest BCUT2D eigenvalue weighted by molar-refractivity contribution is -0.119. The van der Waals surface area contributed by atoms with Gasteiger partial charge in [0.1, 0.15) is 9.90 Å². The van der Waals surface area contributed by atoms with Gasteiger partial charge in [0, 0.05) is 25.8 Å². The third kappa shape index (κ3) is 3.21. The fraction of sp³-hybridized carbons (Fsp3) is 0.636. The number of carbonyl (C=O) groups is 1. The summed E-state index contributed by atoms with van der Waals surface area (Å²) < 4.78 is 27.5. The lowest BCUT2D eigenvalue weighted by Crippen LogP contribution is -2.35. The van der Waals surface area contributed by atoms with E-state index in [-0.39, 0.29) is 22.5 Å². The fourth-order valence-electron chi connectivity index (χ4n) is 2.46. The number of sulfone groups is 1. The standard InChI is InChI=1S/C11H18N4O3S2/c1-20(17,18)9-10(13)14-19-11(9)15-4-2-7(3-5-15)6-8(12)16/h7H,2-6H2,1H3,(H2,12,16)(H2,13,14). The third-order valence-corrected chi connectivity index (χ3v) is 5.62. The van der Waals surface area contributed by atoms with Gasteiger partial charge in [-0.2, -0.15) is 4.37 Å². The molecule has 4 N–H and O–H groups in total. The zero-order chi connectivity index (χ0) is 14.9. The van der Waals surface area contributed by atoms with Gasteiger partial charge >= 0.3 is 0 Å². The third-order valence-electron chi connectivity index (χ3n) is 3.42. The topological polar surface area (TPSA) is 119 Å². The normalized spacial score (nSPS) is 17.4. The predicted molar refractivity (Wildman–Crippen MR) is 78.4 cm³/mol.